The fourth-order valence-corrected chi connectivity index (χ4v) is 2.29. The van der Waals surface area contributed by atoms with Crippen LogP contribution >= 0.6 is 0 Å². The Morgan fingerprint density at radius 1 is 1.50 bits per heavy atom. The highest BCUT2D eigenvalue weighted by molar-refractivity contribution is 5.86. The van der Waals surface area contributed by atoms with E-state index in [0.29, 0.717) is 13.0 Å². The van der Waals surface area contributed by atoms with Crippen LogP contribution in [-0.4, -0.2) is 37.4 Å². The van der Waals surface area contributed by atoms with Crippen molar-refractivity contribution >= 4 is 11.6 Å². The molecule has 0 aromatic heterocycles. The van der Waals surface area contributed by atoms with E-state index < -0.39 is 13.0 Å². The Labute approximate surface area is 105 Å². The van der Waals surface area contributed by atoms with Crippen molar-refractivity contribution in [3.8, 4) is 0 Å². The molecule has 2 rings (SSSR count). The monoisotopic (exact) mass is 254 g/mol. The van der Waals surface area contributed by atoms with Gasteiger partial charge in [0.2, 0.25) is 5.91 Å². The summed E-state index contributed by atoms with van der Waals surface area (Å²) < 4.78 is 24.6. The molecule has 1 aromatic rings. The van der Waals surface area contributed by atoms with E-state index in [0.717, 1.165) is 16.2 Å². The maximum atomic E-state index is 12.3. The maximum Gasteiger partial charge on any atom is 0.255 e. The summed E-state index contributed by atoms with van der Waals surface area (Å²) in [6, 6.07) is 7.53. The first-order valence-corrected chi connectivity index (χ1v) is 5.95. The molecule has 0 saturated heterocycles. The van der Waals surface area contributed by atoms with Crippen LogP contribution in [0.1, 0.15) is 17.9 Å². The van der Waals surface area contributed by atoms with Gasteiger partial charge in [0, 0.05) is 19.3 Å². The lowest BCUT2D eigenvalue weighted by Gasteiger charge is -2.29. The maximum absolute atomic E-state index is 12.3. The fraction of sp³-hybridized carbons (Fsp3) is 0.462. The first-order chi connectivity index (χ1) is 8.59. The number of hydrogen-bond acceptors (Lipinski definition) is 2. The first-order valence-electron chi connectivity index (χ1n) is 5.95. The minimum Gasteiger partial charge on any atom is -0.385 e. The molecule has 1 aliphatic heterocycles. The molecule has 1 amide bonds. The van der Waals surface area contributed by atoms with Gasteiger partial charge in [-0.2, -0.15) is 0 Å². The van der Waals surface area contributed by atoms with Crippen LogP contribution in [-0.2, 0) is 4.79 Å². The third-order valence-electron chi connectivity index (χ3n) is 3.17. The lowest BCUT2D eigenvalue weighted by Crippen LogP contribution is -2.37. The van der Waals surface area contributed by atoms with Crippen LogP contribution in [0, 0.1) is 0 Å². The minimum atomic E-state index is -2.49. The minimum absolute atomic E-state index is 0.232. The van der Waals surface area contributed by atoms with Gasteiger partial charge in [0.25, 0.3) is 6.43 Å². The third kappa shape index (κ3) is 2.60. The number of anilines is 1. The number of amides is 1. The Morgan fingerprint density at radius 2 is 2.22 bits per heavy atom. The lowest BCUT2D eigenvalue weighted by molar-refractivity contribution is -0.133. The van der Waals surface area contributed by atoms with Gasteiger partial charge < -0.3 is 10.2 Å². The standard InChI is InChI=1S/C13H16F2N2O/c1-17(8-12(14)15)13(18)10-6-7-16-11-5-3-2-4-9(10)11/h2-5,10,12,16H,6-8H2,1H3. The van der Waals surface area contributed by atoms with E-state index in [1.807, 2.05) is 24.3 Å². The molecular weight excluding hydrogens is 238 g/mol. The van der Waals surface area contributed by atoms with Gasteiger partial charge in [0.1, 0.15) is 0 Å². The van der Waals surface area contributed by atoms with Gasteiger partial charge in [-0.3, -0.25) is 4.79 Å². The van der Waals surface area contributed by atoms with Gasteiger partial charge in [0.15, 0.2) is 0 Å². The number of nitrogens with one attached hydrogen (secondary N) is 1. The molecule has 1 unspecified atom stereocenters. The Hall–Kier alpha value is -1.65. The molecule has 1 aliphatic rings. The van der Waals surface area contributed by atoms with Gasteiger partial charge >= 0.3 is 0 Å². The number of likely N-dealkylation sites (N-methyl/N-ethyl adjacent to an activating group) is 1. The number of carbonyl (C=O) groups excluding carboxylic acids is 1. The van der Waals surface area contributed by atoms with Gasteiger partial charge in [-0.05, 0) is 18.1 Å². The van der Waals surface area contributed by atoms with E-state index in [-0.39, 0.29) is 11.8 Å². The molecule has 0 radical (unpaired) electrons. The van der Waals surface area contributed by atoms with Crippen molar-refractivity contribution < 1.29 is 13.6 Å². The summed E-state index contributed by atoms with van der Waals surface area (Å²) in [5, 5.41) is 3.21. The summed E-state index contributed by atoms with van der Waals surface area (Å²) in [7, 11) is 1.43. The van der Waals surface area contributed by atoms with Crippen molar-refractivity contribution in [2.24, 2.45) is 0 Å². The van der Waals surface area contributed by atoms with Crippen LogP contribution < -0.4 is 5.32 Å². The van der Waals surface area contributed by atoms with Crippen LogP contribution in [0.3, 0.4) is 0 Å². The molecule has 0 aliphatic carbocycles. The molecule has 1 N–H and O–H groups in total. The second-order valence-corrected chi connectivity index (χ2v) is 4.47. The van der Waals surface area contributed by atoms with Crippen LogP contribution in [0.15, 0.2) is 24.3 Å². The van der Waals surface area contributed by atoms with Crippen molar-refractivity contribution in [1.82, 2.24) is 4.90 Å². The van der Waals surface area contributed by atoms with E-state index in [1.165, 1.54) is 7.05 Å². The van der Waals surface area contributed by atoms with E-state index in [4.69, 9.17) is 0 Å². The number of para-hydroxylation sites is 1. The number of alkyl halides is 2. The van der Waals surface area contributed by atoms with Gasteiger partial charge in [-0.15, -0.1) is 0 Å². The van der Waals surface area contributed by atoms with Crippen molar-refractivity contribution in [2.45, 2.75) is 18.8 Å². The van der Waals surface area contributed by atoms with Crippen LogP contribution in [0.2, 0.25) is 0 Å². The quantitative estimate of drug-likeness (QED) is 0.897. The van der Waals surface area contributed by atoms with Crippen molar-refractivity contribution in [3.63, 3.8) is 0 Å². The highest BCUT2D eigenvalue weighted by Crippen LogP contribution is 2.32. The number of carbonyl (C=O) groups is 1. The number of hydrogen-bond donors (Lipinski definition) is 1. The zero-order chi connectivity index (χ0) is 13.1. The Balaban J connectivity index is 2.17. The normalized spacial score (nSPS) is 18.1. The zero-order valence-electron chi connectivity index (χ0n) is 10.2. The lowest BCUT2D eigenvalue weighted by atomic mass is 9.90. The van der Waals surface area contributed by atoms with Crippen molar-refractivity contribution in [2.75, 3.05) is 25.5 Å². The molecule has 0 bridgehead atoms. The van der Waals surface area contributed by atoms with Gasteiger partial charge in [0.05, 0.1) is 12.5 Å². The molecule has 3 nitrogen and oxygen atoms in total. The molecule has 0 fully saturated rings. The third-order valence-corrected chi connectivity index (χ3v) is 3.17. The molecule has 1 heterocycles. The van der Waals surface area contributed by atoms with E-state index in [2.05, 4.69) is 5.32 Å². The van der Waals surface area contributed by atoms with Crippen molar-refractivity contribution in [1.29, 1.82) is 0 Å². The van der Waals surface area contributed by atoms with E-state index in [1.54, 1.807) is 0 Å². The zero-order valence-corrected chi connectivity index (χ0v) is 10.2. The Bertz CT molecular complexity index is 437. The molecule has 98 valence electrons. The number of benzene rings is 1. The highest BCUT2D eigenvalue weighted by Gasteiger charge is 2.29. The number of rotatable bonds is 3. The first kappa shape index (κ1) is 12.8. The molecule has 0 saturated carbocycles. The molecule has 18 heavy (non-hydrogen) atoms. The van der Waals surface area contributed by atoms with Gasteiger partial charge in [-0.25, -0.2) is 8.78 Å². The number of fused-ring (bicyclic) bond motifs is 1. The second-order valence-electron chi connectivity index (χ2n) is 4.47. The van der Waals surface area contributed by atoms with Crippen LogP contribution in [0.25, 0.3) is 0 Å². The summed E-state index contributed by atoms with van der Waals surface area (Å²) in [5.74, 6) is -0.546. The number of nitrogens with zero attached hydrogens (tertiary/aromatic N) is 1. The Kier molecular flexibility index (Phi) is 3.79. The van der Waals surface area contributed by atoms with E-state index >= 15 is 0 Å². The molecule has 1 aromatic carbocycles. The topological polar surface area (TPSA) is 32.3 Å². The molecule has 1 atom stereocenters. The average Bonchev–Trinajstić information content (AvgIpc) is 2.36. The second kappa shape index (κ2) is 5.33. The smallest absolute Gasteiger partial charge is 0.255 e. The van der Waals surface area contributed by atoms with E-state index in [9.17, 15) is 13.6 Å². The summed E-state index contributed by atoms with van der Waals surface area (Å²) >= 11 is 0. The Morgan fingerprint density at radius 3 is 2.94 bits per heavy atom. The fourth-order valence-electron chi connectivity index (χ4n) is 2.29. The average molecular weight is 254 g/mol. The summed E-state index contributed by atoms with van der Waals surface area (Å²) in [6.45, 7) is 0.181. The summed E-state index contributed by atoms with van der Waals surface area (Å²) in [5.41, 5.74) is 1.82. The summed E-state index contributed by atoms with van der Waals surface area (Å²) in [4.78, 5) is 13.3. The molecular formula is C13H16F2N2O. The van der Waals surface area contributed by atoms with Gasteiger partial charge in [-0.1, -0.05) is 18.2 Å². The largest absolute Gasteiger partial charge is 0.385 e. The van der Waals surface area contributed by atoms with Crippen molar-refractivity contribution in [3.05, 3.63) is 29.8 Å². The van der Waals surface area contributed by atoms with Crippen LogP contribution in [0.5, 0.6) is 0 Å². The summed E-state index contributed by atoms with van der Waals surface area (Å²) in [6.07, 6.45) is -1.85. The SMILES string of the molecule is CN(CC(F)F)C(=O)C1CCNc2ccccc21. The predicted octanol–water partition coefficient (Wildman–Crippen LogP) is 2.31. The molecule has 0 spiro atoms. The van der Waals surface area contributed by atoms with Crippen LogP contribution in [0.4, 0.5) is 14.5 Å². The predicted molar refractivity (Wildman–Crippen MR) is 65.9 cm³/mol. The highest BCUT2D eigenvalue weighted by atomic mass is 19.3. The molecule has 5 heteroatoms. The number of halogens is 2.